The molecule has 3 rings (SSSR count). The smallest absolute Gasteiger partial charge is 0.425 e. The Kier molecular flexibility index (Phi) is 5.66. The number of allylic oxidation sites excluding steroid dienone is 1. The first-order chi connectivity index (χ1) is 14.1. The van der Waals surface area contributed by atoms with Gasteiger partial charge in [0.15, 0.2) is 5.78 Å². The number of ketones is 1. The zero-order valence-electron chi connectivity index (χ0n) is 16.9. The number of hydrogen-bond donors (Lipinski definition) is 1. The molecule has 1 atom stereocenters. The molecule has 162 valence electrons. The lowest BCUT2D eigenvalue weighted by atomic mass is 9.86. The van der Waals surface area contributed by atoms with Gasteiger partial charge in [0.1, 0.15) is 5.75 Å². The van der Waals surface area contributed by atoms with Crippen molar-refractivity contribution in [2.75, 3.05) is 7.11 Å². The molecular weight excluding hydrogens is 401 g/mol. The summed E-state index contributed by atoms with van der Waals surface area (Å²) in [6, 6.07) is 5.30. The van der Waals surface area contributed by atoms with E-state index in [1.54, 1.807) is 6.07 Å². The second-order valence-corrected chi connectivity index (χ2v) is 7.53. The zero-order chi connectivity index (χ0) is 22.3. The first-order valence-electron chi connectivity index (χ1n) is 9.64. The van der Waals surface area contributed by atoms with Gasteiger partial charge in [0.2, 0.25) is 5.54 Å². The summed E-state index contributed by atoms with van der Waals surface area (Å²) < 4.78 is 48.5. The van der Waals surface area contributed by atoms with Crippen molar-refractivity contribution in [3.63, 3.8) is 0 Å². The number of alkyl halides is 3. The lowest BCUT2D eigenvalue weighted by Gasteiger charge is -2.34. The molecule has 1 unspecified atom stereocenters. The number of hydrogen-bond acceptors (Lipinski definition) is 4. The summed E-state index contributed by atoms with van der Waals surface area (Å²) in [6.07, 6.45) is -2.57. The molecule has 9 heteroatoms. The van der Waals surface area contributed by atoms with Crippen LogP contribution in [0.5, 0.6) is 5.75 Å². The van der Waals surface area contributed by atoms with Crippen molar-refractivity contribution in [1.29, 1.82) is 0 Å². The molecule has 0 bridgehead atoms. The normalized spacial score (nSPS) is 22.6. The van der Waals surface area contributed by atoms with Gasteiger partial charge in [-0.05, 0) is 38.8 Å². The van der Waals surface area contributed by atoms with E-state index in [1.165, 1.54) is 32.2 Å². The lowest BCUT2D eigenvalue weighted by molar-refractivity contribution is -0.191. The van der Waals surface area contributed by atoms with E-state index in [1.807, 2.05) is 5.32 Å². The Morgan fingerprint density at radius 2 is 1.80 bits per heavy atom. The van der Waals surface area contributed by atoms with Gasteiger partial charge in [-0.1, -0.05) is 25.0 Å². The molecule has 6 nitrogen and oxygen atoms in total. The summed E-state index contributed by atoms with van der Waals surface area (Å²) in [6.45, 7) is 2.30. The maximum atomic E-state index is 14.5. The number of rotatable bonds is 5. The van der Waals surface area contributed by atoms with Crippen LogP contribution >= 0.6 is 0 Å². The lowest BCUT2D eigenvalue weighted by Crippen LogP contribution is -2.66. The Morgan fingerprint density at radius 1 is 1.20 bits per heavy atom. The van der Waals surface area contributed by atoms with Crippen LogP contribution in [0, 0.1) is 0 Å². The van der Waals surface area contributed by atoms with Crippen LogP contribution in [-0.4, -0.2) is 47.4 Å². The van der Waals surface area contributed by atoms with Crippen molar-refractivity contribution < 1.29 is 32.3 Å². The predicted octanol–water partition coefficient (Wildman–Crippen LogP) is 3.37. The molecule has 2 aliphatic rings. The molecule has 1 heterocycles. The molecule has 2 amide bonds. The number of nitrogens with one attached hydrogen (secondary N) is 1. The highest BCUT2D eigenvalue weighted by atomic mass is 19.4. The Bertz CT molecular complexity index is 919. The number of halogens is 3. The summed E-state index contributed by atoms with van der Waals surface area (Å²) in [4.78, 5) is 39.6. The first kappa shape index (κ1) is 21.9. The van der Waals surface area contributed by atoms with Crippen molar-refractivity contribution in [2.45, 2.75) is 57.3 Å². The molecular formula is C21H23F3N2O4. The van der Waals surface area contributed by atoms with Gasteiger partial charge >= 0.3 is 6.18 Å². The van der Waals surface area contributed by atoms with Crippen LogP contribution in [0.2, 0.25) is 0 Å². The number of carbonyl (C=O) groups excluding carboxylic acids is 3. The van der Waals surface area contributed by atoms with Crippen LogP contribution in [0.15, 0.2) is 35.5 Å². The fraction of sp³-hybridized carbons (Fsp3) is 0.476. The highest BCUT2D eigenvalue weighted by molar-refractivity contribution is 6.13. The summed E-state index contributed by atoms with van der Waals surface area (Å²) in [5.41, 5.74) is -4.41. The standard InChI is InChI=1S/C21H23F3N2O4/c1-12-17(13(2)27)20(21(22,23)24,19(29)26(12)14-8-4-5-9-14)25-18(28)15-10-6-7-11-16(15)30-3/h6-7,10-11,14H,4-5,8-9H2,1-3H3,(H,25,28). The molecule has 30 heavy (non-hydrogen) atoms. The number of para-hydroxylation sites is 1. The largest absolute Gasteiger partial charge is 0.496 e. The summed E-state index contributed by atoms with van der Waals surface area (Å²) >= 11 is 0. The van der Waals surface area contributed by atoms with Crippen LogP contribution in [0.1, 0.15) is 49.9 Å². The van der Waals surface area contributed by atoms with Gasteiger partial charge in [0.25, 0.3) is 11.8 Å². The summed E-state index contributed by atoms with van der Waals surface area (Å²) in [5, 5.41) is 1.87. The predicted molar refractivity (Wildman–Crippen MR) is 102 cm³/mol. The molecule has 1 N–H and O–H groups in total. The second kappa shape index (κ2) is 7.77. The van der Waals surface area contributed by atoms with E-state index < -0.39 is 40.9 Å². The van der Waals surface area contributed by atoms with Crippen molar-refractivity contribution in [3.05, 3.63) is 41.1 Å². The van der Waals surface area contributed by atoms with Crippen LogP contribution < -0.4 is 10.1 Å². The maximum Gasteiger partial charge on any atom is 0.425 e. The fourth-order valence-corrected chi connectivity index (χ4v) is 4.47. The summed E-state index contributed by atoms with van der Waals surface area (Å²) in [7, 11) is 1.28. The molecule has 1 aromatic carbocycles. The minimum atomic E-state index is -5.22. The Morgan fingerprint density at radius 3 is 2.33 bits per heavy atom. The topological polar surface area (TPSA) is 75.7 Å². The van der Waals surface area contributed by atoms with Gasteiger partial charge < -0.3 is 15.0 Å². The number of Topliss-reactive ketones (excluding diaryl/α,β-unsaturated/α-hetero) is 1. The average Bonchev–Trinajstić information content (AvgIpc) is 3.26. The molecule has 1 saturated carbocycles. The van der Waals surface area contributed by atoms with Crippen molar-refractivity contribution >= 4 is 17.6 Å². The molecule has 1 aromatic rings. The minimum absolute atomic E-state index is 0.0514. The second-order valence-electron chi connectivity index (χ2n) is 7.53. The van der Waals surface area contributed by atoms with Crippen LogP contribution in [0.4, 0.5) is 13.2 Å². The van der Waals surface area contributed by atoms with Gasteiger partial charge in [-0.2, -0.15) is 13.2 Å². The molecule has 1 fully saturated rings. The van der Waals surface area contributed by atoms with Crippen molar-refractivity contribution in [1.82, 2.24) is 10.2 Å². The Balaban J connectivity index is 2.15. The maximum absolute atomic E-state index is 14.5. The molecule has 0 spiro atoms. The van der Waals surface area contributed by atoms with Gasteiger partial charge in [0.05, 0.1) is 18.2 Å². The molecule has 1 aliphatic carbocycles. The fourth-order valence-electron chi connectivity index (χ4n) is 4.47. The van der Waals surface area contributed by atoms with E-state index in [-0.39, 0.29) is 17.0 Å². The third kappa shape index (κ3) is 3.26. The van der Waals surface area contributed by atoms with E-state index in [0.29, 0.717) is 12.8 Å². The Labute approximate surface area is 172 Å². The van der Waals surface area contributed by atoms with Crippen LogP contribution in [0.3, 0.4) is 0 Å². The number of nitrogens with zero attached hydrogens (tertiary/aromatic N) is 1. The first-order valence-corrected chi connectivity index (χ1v) is 9.64. The van der Waals surface area contributed by atoms with E-state index in [0.717, 1.165) is 24.7 Å². The van der Waals surface area contributed by atoms with Gasteiger partial charge in [-0.15, -0.1) is 0 Å². The van der Waals surface area contributed by atoms with E-state index in [4.69, 9.17) is 4.74 Å². The van der Waals surface area contributed by atoms with E-state index >= 15 is 0 Å². The van der Waals surface area contributed by atoms with Crippen molar-refractivity contribution in [2.24, 2.45) is 0 Å². The van der Waals surface area contributed by atoms with Crippen LogP contribution in [0.25, 0.3) is 0 Å². The highest BCUT2D eigenvalue weighted by Gasteiger charge is 2.70. The number of amides is 2. The van der Waals surface area contributed by atoms with Gasteiger partial charge in [-0.25, -0.2) is 0 Å². The SMILES string of the molecule is COc1ccccc1C(=O)NC1(C(F)(F)F)C(=O)N(C2CCCC2)C(C)=C1C(C)=O. The van der Waals surface area contributed by atoms with Crippen molar-refractivity contribution in [3.8, 4) is 5.75 Å². The zero-order valence-corrected chi connectivity index (χ0v) is 16.9. The molecule has 0 radical (unpaired) electrons. The number of benzene rings is 1. The number of methoxy groups -OCH3 is 1. The van der Waals surface area contributed by atoms with Gasteiger partial charge in [0, 0.05) is 11.7 Å². The number of carbonyl (C=O) groups is 3. The third-order valence-electron chi connectivity index (χ3n) is 5.76. The summed E-state index contributed by atoms with van der Waals surface area (Å²) in [5.74, 6) is -3.36. The Hall–Kier alpha value is -2.84. The highest BCUT2D eigenvalue weighted by Crippen LogP contribution is 2.47. The quantitative estimate of drug-likeness (QED) is 0.787. The van der Waals surface area contributed by atoms with Gasteiger partial charge in [-0.3, -0.25) is 14.4 Å². The minimum Gasteiger partial charge on any atom is -0.496 e. The number of ether oxygens (including phenoxy) is 1. The average molecular weight is 424 g/mol. The van der Waals surface area contributed by atoms with E-state index in [2.05, 4.69) is 0 Å². The van der Waals surface area contributed by atoms with E-state index in [9.17, 15) is 27.6 Å². The third-order valence-corrected chi connectivity index (χ3v) is 5.76. The van der Waals surface area contributed by atoms with Crippen LogP contribution in [-0.2, 0) is 9.59 Å². The molecule has 1 aliphatic heterocycles. The monoisotopic (exact) mass is 424 g/mol. The molecule has 0 saturated heterocycles. The molecule has 0 aromatic heterocycles.